The number of nitrogens with one attached hydrogen (secondary N) is 1. The van der Waals surface area contributed by atoms with Crippen molar-refractivity contribution in [2.75, 3.05) is 52.2 Å². The van der Waals surface area contributed by atoms with Crippen molar-refractivity contribution < 1.29 is 4.79 Å². The highest BCUT2D eigenvalue weighted by Crippen LogP contribution is 1.99. The lowest BCUT2D eigenvalue weighted by molar-refractivity contribution is -0.121. The third-order valence-electron chi connectivity index (χ3n) is 3.11. The van der Waals surface area contributed by atoms with Crippen LogP contribution in [0.15, 0.2) is 0 Å². The molecule has 1 rings (SSSR count). The van der Waals surface area contributed by atoms with Gasteiger partial charge in [-0.05, 0) is 26.4 Å². The first-order valence-corrected chi connectivity index (χ1v) is 6.99. The van der Waals surface area contributed by atoms with Crippen LogP contribution >= 0.6 is 11.6 Å². The second-order valence-electron chi connectivity index (χ2n) is 4.64. The minimum atomic E-state index is 0.129. The van der Waals surface area contributed by atoms with Crippen molar-refractivity contribution >= 4 is 17.5 Å². The number of alkyl halides is 1. The molecular formula is C12H24ClN3O. The number of likely N-dealkylation sites (N-methyl/N-ethyl adjacent to an activating group) is 1. The van der Waals surface area contributed by atoms with Crippen LogP contribution in [-0.4, -0.2) is 67.9 Å². The molecule has 0 atom stereocenters. The minimum Gasteiger partial charge on any atom is -0.356 e. The van der Waals surface area contributed by atoms with E-state index in [0.717, 1.165) is 52.1 Å². The Labute approximate surface area is 109 Å². The largest absolute Gasteiger partial charge is 0.356 e. The van der Waals surface area contributed by atoms with Gasteiger partial charge in [-0.1, -0.05) is 0 Å². The number of piperazine rings is 1. The summed E-state index contributed by atoms with van der Waals surface area (Å²) in [5.74, 6) is 0.693. The van der Waals surface area contributed by atoms with Gasteiger partial charge in [-0.15, -0.1) is 11.6 Å². The molecule has 0 aliphatic carbocycles. The van der Waals surface area contributed by atoms with Gasteiger partial charge in [0.1, 0.15) is 0 Å². The van der Waals surface area contributed by atoms with Gasteiger partial charge in [-0.3, -0.25) is 4.79 Å². The van der Waals surface area contributed by atoms with Crippen molar-refractivity contribution in [2.45, 2.75) is 19.3 Å². The molecule has 1 fully saturated rings. The van der Waals surface area contributed by atoms with Gasteiger partial charge in [0, 0.05) is 45.0 Å². The maximum absolute atomic E-state index is 11.3. The number of nitrogens with zero attached hydrogens (tertiary/aromatic N) is 2. The molecule has 4 nitrogen and oxygen atoms in total. The van der Waals surface area contributed by atoms with Crippen LogP contribution in [0.1, 0.15) is 19.3 Å². The molecule has 0 aromatic heterocycles. The van der Waals surface area contributed by atoms with Gasteiger partial charge >= 0.3 is 0 Å². The third-order valence-corrected chi connectivity index (χ3v) is 3.37. The maximum Gasteiger partial charge on any atom is 0.220 e. The first-order chi connectivity index (χ1) is 8.22. The monoisotopic (exact) mass is 261 g/mol. The molecule has 1 saturated heterocycles. The lowest BCUT2D eigenvalue weighted by Gasteiger charge is -2.32. The summed E-state index contributed by atoms with van der Waals surface area (Å²) in [5, 5.41) is 2.93. The minimum absolute atomic E-state index is 0.129. The molecule has 1 N–H and O–H groups in total. The molecule has 17 heavy (non-hydrogen) atoms. The maximum atomic E-state index is 11.3. The molecule has 100 valence electrons. The lowest BCUT2D eigenvalue weighted by Crippen LogP contribution is -2.45. The van der Waals surface area contributed by atoms with E-state index in [0.29, 0.717) is 12.3 Å². The Morgan fingerprint density at radius 1 is 1.24 bits per heavy atom. The molecule has 1 aliphatic rings. The SMILES string of the molecule is CN1CCN(CCCNC(=O)CCCCl)CC1. The lowest BCUT2D eigenvalue weighted by atomic mass is 10.3. The Morgan fingerprint density at radius 3 is 2.59 bits per heavy atom. The average molecular weight is 262 g/mol. The molecule has 1 amide bonds. The van der Waals surface area contributed by atoms with Gasteiger partial charge in [-0.25, -0.2) is 0 Å². The fourth-order valence-electron chi connectivity index (χ4n) is 1.92. The van der Waals surface area contributed by atoms with E-state index in [1.54, 1.807) is 0 Å². The Morgan fingerprint density at radius 2 is 1.94 bits per heavy atom. The number of rotatable bonds is 7. The fourth-order valence-corrected chi connectivity index (χ4v) is 2.05. The van der Waals surface area contributed by atoms with Crippen LogP contribution in [0.3, 0.4) is 0 Å². The van der Waals surface area contributed by atoms with Crippen molar-refractivity contribution in [1.82, 2.24) is 15.1 Å². The molecule has 0 unspecified atom stereocenters. The van der Waals surface area contributed by atoms with Crippen LogP contribution in [0.2, 0.25) is 0 Å². The molecule has 0 aromatic rings. The van der Waals surface area contributed by atoms with Crippen LogP contribution in [0, 0.1) is 0 Å². The number of carbonyl (C=O) groups excluding carboxylic acids is 1. The molecule has 5 heteroatoms. The van der Waals surface area contributed by atoms with Crippen LogP contribution in [0.5, 0.6) is 0 Å². The van der Waals surface area contributed by atoms with Gasteiger partial charge in [0.15, 0.2) is 0 Å². The highest BCUT2D eigenvalue weighted by molar-refractivity contribution is 6.17. The van der Waals surface area contributed by atoms with Crippen molar-refractivity contribution in [3.63, 3.8) is 0 Å². The highest BCUT2D eigenvalue weighted by Gasteiger charge is 2.12. The number of amides is 1. The predicted molar refractivity (Wildman–Crippen MR) is 71.5 cm³/mol. The summed E-state index contributed by atoms with van der Waals surface area (Å²) in [6.07, 6.45) is 2.36. The Bertz CT molecular complexity index is 218. The molecule has 0 radical (unpaired) electrons. The van der Waals surface area contributed by atoms with E-state index in [-0.39, 0.29) is 5.91 Å². The molecule has 1 aliphatic heterocycles. The van der Waals surface area contributed by atoms with Crippen LogP contribution in [-0.2, 0) is 4.79 Å². The first kappa shape index (κ1) is 14.7. The van der Waals surface area contributed by atoms with Crippen LogP contribution in [0.4, 0.5) is 0 Å². The van der Waals surface area contributed by atoms with Gasteiger partial charge in [0.2, 0.25) is 5.91 Å². The summed E-state index contributed by atoms with van der Waals surface area (Å²) in [6, 6.07) is 0. The number of hydrogen-bond donors (Lipinski definition) is 1. The predicted octanol–water partition coefficient (Wildman–Crippen LogP) is 0.759. The van der Waals surface area contributed by atoms with Crippen molar-refractivity contribution in [3.8, 4) is 0 Å². The third kappa shape index (κ3) is 6.86. The van der Waals surface area contributed by atoms with E-state index >= 15 is 0 Å². The van der Waals surface area contributed by atoms with Crippen LogP contribution < -0.4 is 5.32 Å². The molecule has 0 saturated carbocycles. The van der Waals surface area contributed by atoms with Gasteiger partial charge in [0.25, 0.3) is 0 Å². The average Bonchev–Trinajstić information content (AvgIpc) is 2.34. The zero-order valence-corrected chi connectivity index (χ0v) is 11.5. The molecule has 0 spiro atoms. The molecule has 0 aromatic carbocycles. The molecular weight excluding hydrogens is 238 g/mol. The normalized spacial score (nSPS) is 18.2. The first-order valence-electron chi connectivity index (χ1n) is 6.46. The van der Waals surface area contributed by atoms with E-state index in [4.69, 9.17) is 11.6 Å². The fraction of sp³-hybridized carbons (Fsp3) is 0.917. The molecule has 1 heterocycles. The number of halogens is 1. The quantitative estimate of drug-likeness (QED) is 0.543. The summed E-state index contributed by atoms with van der Waals surface area (Å²) in [5.41, 5.74) is 0. The Balaban J connectivity index is 1.95. The van der Waals surface area contributed by atoms with E-state index < -0.39 is 0 Å². The summed E-state index contributed by atoms with van der Waals surface area (Å²) in [6.45, 7) is 6.48. The smallest absolute Gasteiger partial charge is 0.220 e. The van der Waals surface area contributed by atoms with E-state index in [9.17, 15) is 4.79 Å². The zero-order valence-electron chi connectivity index (χ0n) is 10.8. The summed E-state index contributed by atoms with van der Waals surface area (Å²) < 4.78 is 0. The van der Waals surface area contributed by atoms with Crippen molar-refractivity contribution in [2.24, 2.45) is 0 Å². The standard InChI is InChI=1S/C12H24ClN3O/c1-15-8-10-16(11-9-15)7-3-6-14-12(17)4-2-5-13/h2-11H2,1H3,(H,14,17). The Kier molecular flexibility index (Phi) is 7.56. The van der Waals surface area contributed by atoms with Crippen molar-refractivity contribution in [1.29, 1.82) is 0 Å². The second kappa shape index (κ2) is 8.72. The van der Waals surface area contributed by atoms with E-state index in [2.05, 4.69) is 22.2 Å². The Hall–Kier alpha value is -0.320. The van der Waals surface area contributed by atoms with E-state index in [1.165, 1.54) is 0 Å². The highest BCUT2D eigenvalue weighted by atomic mass is 35.5. The van der Waals surface area contributed by atoms with Gasteiger partial charge in [-0.2, -0.15) is 0 Å². The van der Waals surface area contributed by atoms with Gasteiger partial charge < -0.3 is 15.1 Å². The summed E-state index contributed by atoms with van der Waals surface area (Å²) >= 11 is 5.53. The topological polar surface area (TPSA) is 35.6 Å². The van der Waals surface area contributed by atoms with Crippen molar-refractivity contribution in [3.05, 3.63) is 0 Å². The van der Waals surface area contributed by atoms with Gasteiger partial charge in [0.05, 0.1) is 0 Å². The number of carbonyl (C=O) groups is 1. The van der Waals surface area contributed by atoms with E-state index in [1.807, 2.05) is 0 Å². The number of hydrogen-bond acceptors (Lipinski definition) is 3. The summed E-state index contributed by atoms with van der Waals surface area (Å²) in [7, 11) is 2.16. The zero-order chi connectivity index (χ0) is 12.5. The summed E-state index contributed by atoms with van der Waals surface area (Å²) in [4.78, 5) is 16.1. The second-order valence-corrected chi connectivity index (χ2v) is 5.02. The van der Waals surface area contributed by atoms with Crippen LogP contribution in [0.25, 0.3) is 0 Å². The molecule has 0 bridgehead atoms.